The van der Waals surface area contributed by atoms with E-state index in [1.54, 1.807) is 21.5 Å². The molecule has 2 fully saturated rings. The van der Waals surface area contributed by atoms with Gasteiger partial charge in [-0.05, 0) is 32.3 Å². The second kappa shape index (κ2) is 7.31. The first-order valence-corrected chi connectivity index (χ1v) is 8.94. The smallest absolute Gasteiger partial charge is 0.250 e. The minimum atomic E-state index is -0.525. The first-order valence-electron chi connectivity index (χ1n) is 8.94. The van der Waals surface area contributed by atoms with Crippen LogP contribution in [0.5, 0.6) is 0 Å². The Morgan fingerprint density at radius 1 is 1.35 bits per heavy atom. The van der Waals surface area contributed by atoms with Crippen LogP contribution in [0.4, 0.5) is 5.82 Å². The summed E-state index contributed by atoms with van der Waals surface area (Å²) in [5.74, 6) is 0.0273. The average molecular weight is 359 g/mol. The molecule has 3 heterocycles. The van der Waals surface area contributed by atoms with Gasteiger partial charge in [0.2, 0.25) is 11.8 Å². The minimum absolute atomic E-state index is 0.115. The zero-order valence-electron chi connectivity index (χ0n) is 15.3. The lowest BCUT2D eigenvalue weighted by atomic mass is 9.96. The number of nitrogens with zero attached hydrogens (tertiary/aromatic N) is 4. The molecule has 2 aliphatic rings. The minimum Gasteiger partial charge on any atom is -0.344 e. The van der Waals surface area contributed by atoms with Crippen molar-refractivity contribution in [2.75, 3.05) is 24.5 Å². The van der Waals surface area contributed by atoms with E-state index in [2.05, 4.69) is 17.0 Å². The third-order valence-corrected chi connectivity index (χ3v) is 5.05. The Bertz CT molecular complexity index is 741. The monoisotopic (exact) mass is 359 g/mol. The van der Waals surface area contributed by atoms with Crippen LogP contribution in [0, 0.1) is 12.8 Å². The van der Waals surface area contributed by atoms with Crippen molar-refractivity contribution < 1.29 is 14.4 Å². The van der Waals surface area contributed by atoms with Crippen LogP contribution in [0.25, 0.3) is 0 Å². The Morgan fingerprint density at radius 3 is 2.77 bits per heavy atom. The van der Waals surface area contributed by atoms with Gasteiger partial charge in [-0.1, -0.05) is 6.58 Å². The van der Waals surface area contributed by atoms with Gasteiger partial charge in [0, 0.05) is 32.7 Å². The molecule has 0 spiro atoms. The van der Waals surface area contributed by atoms with Crippen LogP contribution in [-0.2, 0) is 21.4 Å². The highest BCUT2D eigenvalue weighted by Gasteiger charge is 2.37. The highest BCUT2D eigenvalue weighted by molar-refractivity contribution is 6.01. The van der Waals surface area contributed by atoms with E-state index >= 15 is 0 Å². The normalized spacial score (nSPS) is 23.2. The first-order chi connectivity index (χ1) is 12.4. The van der Waals surface area contributed by atoms with Gasteiger partial charge < -0.3 is 10.2 Å². The van der Waals surface area contributed by atoms with Crippen LogP contribution in [-0.4, -0.2) is 58.1 Å². The summed E-state index contributed by atoms with van der Waals surface area (Å²) >= 11 is 0. The maximum atomic E-state index is 12.7. The summed E-state index contributed by atoms with van der Waals surface area (Å²) in [5.41, 5.74) is 0.844. The molecule has 1 N–H and O–H groups in total. The number of hydrogen-bond donors (Lipinski definition) is 1. The quantitative estimate of drug-likeness (QED) is 0.787. The fourth-order valence-corrected chi connectivity index (χ4v) is 3.70. The van der Waals surface area contributed by atoms with E-state index < -0.39 is 6.04 Å². The van der Waals surface area contributed by atoms with Gasteiger partial charge in [0.1, 0.15) is 11.9 Å². The van der Waals surface area contributed by atoms with Crippen LogP contribution in [0.15, 0.2) is 18.7 Å². The summed E-state index contributed by atoms with van der Waals surface area (Å²) in [7, 11) is 1.80. The lowest BCUT2D eigenvalue weighted by Gasteiger charge is -2.31. The Morgan fingerprint density at radius 2 is 2.12 bits per heavy atom. The van der Waals surface area contributed by atoms with Crippen molar-refractivity contribution in [3.05, 3.63) is 24.4 Å². The number of nitrogens with one attached hydrogen (secondary N) is 1. The fourth-order valence-electron chi connectivity index (χ4n) is 3.70. The predicted octanol–water partition coefficient (Wildman–Crippen LogP) is 0.375. The number of rotatable bonds is 4. The van der Waals surface area contributed by atoms with Crippen LogP contribution in [0.1, 0.15) is 25.0 Å². The number of hydrogen-bond acceptors (Lipinski definition) is 4. The molecule has 8 nitrogen and oxygen atoms in total. The fraction of sp³-hybridized carbons (Fsp3) is 0.556. The SMILES string of the molecule is C=CC(=O)N1CCCC(C(=O)NC2CCN(c3cc(C)nn3C)C2=O)C1. The Hall–Kier alpha value is -2.64. The number of aryl methyl sites for hydroxylation is 2. The maximum absolute atomic E-state index is 12.7. The summed E-state index contributed by atoms with van der Waals surface area (Å²) in [4.78, 5) is 40.4. The van der Waals surface area contributed by atoms with Crippen LogP contribution < -0.4 is 10.2 Å². The molecule has 0 radical (unpaired) electrons. The molecule has 0 bridgehead atoms. The maximum Gasteiger partial charge on any atom is 0.250 e. The molecule has 2 atom stereocenters. The van der Waals surface area contributed by atoms with E-state index in [0.29, 0.717) is 26.1 Å². The van der Waals surface area contributed by atoms with Gasteiger partial charge in [0.25, 0.3) is 5.91 Å². The van der Waals surface area contributed by atoms with Crippen LogP contribution in [0.2, 0.25) is 0 Å². The van der Waals surface area contributed by atoms with Crippen molar-refractivity contribution in [3.63, 3.8) is 0 Å². The van der Waals surface area contributed by atoms with Gasteiger partial charge in [-0.25, -0.2) is 0 Å². The van der Waals surface area contributed by atoms with Gasteiger partial charge in [0.05, 0.1) is 11.6 Å². The number of likely N-dealkylation sites (tertiary alicyclic amines) is 1. The molecule has 0 aromatic carbocycles. The van der Waals surface area contributed by atoms with E-state index in [4.69, 9.17) is 0 Å². The van der Waals surface area contributed by atoms with E-state index in [1.807, 2.05) is 13.0 Å². The Labute approximate surface area is 152 Å². The number of anilines is 1. The van der Waals surface area contributed by atoms with Crippen LogP contribution in [0.3, 0.4) is 0 Å². The topological polar surface area (TPSA) is 87.5 Å². The third kappa shape index (κ3) is 3.49. The van der Waals surface area contributed by atoms with Crippen molar-refractivity contribution in [2.45, 2.75) is 32.2 Å². The molecule has 3 rings (SSSR count). The van der Waals surface area contributed by atoms with Crippen molar-refractivity contribution in [3.8, 4) is 0 Å². The van der Waals surface area contributed by atoms with Gasteiger partial charge in [-0.15, -0.1) is 0 Å². The number of piperidine rings is 1. The van der Waals surface area contributed by atoms with Gasteiger partial charge >= 0.3 is 0 Å². The average Bonchev–Trinajstić information content (AvgIpc) is 3.15. The van der Waals surface area contributed by atoms with Crippen molar-refractivity contribution in [1.29, 1.82) is 0 Å². The van der Waals surface area contributed by atoms with E-state index in [0.717, 1.165) is 24.4 Å². The summed E-state index contributed by atoms with van der Waals surface area (Å²) in [6.45, 7) is 6.94. The van der Waals surface area contributed by atoms with E-state index in [-0.39, 0.29) is 23.6 Å². The number of aromatic nitrogens is 2. The molecule has 1 aromatic rings. The second-order valence-electron chi connectivity index (χ2n) is 6.93. The molecule has 3 amide bonds. The predicted molar refractivity (Wildman–Crippen MR) is 96.3 cm³/mol. The highest BCUT2D eigenvalue weighted by Crippen LogP contribution is 2.23. The molecule has 0 saturated carbocycles. The summed E-state index contributed by atoms with van der Waals surface area (Å²) in [5, 5.41) is 7.15. The van der Waals surface area contributed by atoms with E-state index in [1.165, 1.54) is 6.08 Å². The molecule has 140 valence electrons. The summed E-state index contributed by atoms with van der Waals surface area (Å²) in [6, 6.07) is 1.34. The lowest BCUT2D eigenvalue weighted by Crippen LogP contribution is -2.49. The first kappa shape index (κ1) is 18.2. The molecule has 26 heavy (non-hydrogen) atoms. The molecule has 2 unspecified atom stereocenters. The van der Waals surface area contributed by atoms with Gasteiger partial charge in [-0.2, -0.15) is 5.10 Å². The molecule has 1 aromatic heterocycles. The van der Waals surface area contributed by atoms with Crippen LogP contribution >= 0.6 is 0 Å². The van der Waals surface area contributed by atoms with Gasteiger partial charge in [0.15, 0.2) is 0 Å². The number of carbonyl (C=O) groups excluding carboxylic acids is 3. The number of carbonyl (C=O) groups is 3. The van der Waals surface area contributed by atoms with Crippen molar-refractivity contribution in [2.24, 2.45) is 13.0 Å². The molecule has 2 aliphatic heterocycles. The molecule has 0 aliphatic carbocycles. The summed E-state index contributed by atoms with van der Waals surface area (Å²) in [6.07, 6.45) is 3.33. The highest BCUT2D eigenvalue weighted by atomic mass is 16.2. The molecular formula is C18H25N5O3. The largest absolute Gasteiger partial charge is 0.344 e. The second-order valence-corrected chi connectivity index (χ2v) is 6.93. The lowest BCUT2D eigenvalue weighted by molar-refractivity contribution is -0.134. The Balaban J connectivity index is 1.61. The summed E-state index contributed by atoms with van der Waals surface area (Å²) < 4.78 is 1.68. The Kier molecular flexibility index (Phi) is 5.11. The zero-order valence-corrected chi connectivity index (χ0v) is 15.3. The molecule has 2 saturated heterocycles. The van der Waals surface area contributed by atoms with Crippen molar-refractivity contribution in [1.82, 2.24) is 20.0 Å². The van der Waals surface area contributed by atoms with Gasteiger partial charge in [-0.3, -0.25) is 24.0 Å². The third-order valence-electron chi connectivity index (χ3n) is 5.05. The molecule has 8 heteroatoms. The van der Waals surface area contributed by atoms with Crippen molar-refractivity contribution >= 4 is 23.5 Å². The standard InChI is InChI=1S/C18H25N5O3/c1-4-16(24)22-8-5-6-13(11-22)17(25)19-14-7-9-23(18(14)26)15-10-12(2)20-21(15)3/h4,10,13-14H,1,5-9,11H2,2-3H3,(H,19,25). The zero-order chi connectivity index (χ0) is 18.8. The molecular weight excluding hydrogens is 334 g/mol. The number of amides is 3. The van der Waals surface area contributed by atoms with E-state index in [9.17, 15) is 14.4 Å².